The normalized spacial score (nSPS) is 18.4. The monoisotopic (exact) mass is 390 g/mol. The quantitative estimate of drug-likeness (QED) is 0.684. The maximum atomic E-state index is 12.7. The summed E-state index contributed by atoms with van der Waals surface area (Å²) in [5.74, 6) is 1.53. The Morgan fingerprint density at radius 3 is 2.96 bits per heavy atom. The number of thioether (sulfide) groups is 1. The maximum absolute atomic E-state index is 12.7. The molecule has 0 fully saturated rings. The first-order chi connectivity index (χ1) is 13.8. The lowest BCUT2D eigenvalue weighted by atomic mass is 9.86. The van der Waals surface area contributed by atoms with Gasteiger partial charge in [0.15, 0.2) is 5.78 Å². The topological polar surface area (TPSA) is 85.6 Å². The zero-order chi connectivity index (χ0) is 18.9. The van der Waals surface area contributed by atoms with Crippen LogP contribution in [0.2, 0.25) is 0 Å². The smallest absolute Gasteiger partial charge is 0.227 e. The molecule has 3 aromatic rings. The SMILES string of the molecule is O=C1CCCC2=C1C(c1cccnc1)n1nc(SCc3ccccn3)nc1N2. The molecule has 140 valence electrons. The van der Waals surface area contributed by atoms with Gasteiger partial charge < -0.3 is 5.32 Å². The van der Waals surface area contributed by atoms with Crippen LogP contribution in [0, 0.1) is 0 Å². The van der Waals surface area contributed by atoms with Gasteiger partial charge in [-0.15, -0.1) is 5.10 Å². The molecule has 0 radical (unpaired) electrons. The summed E-state index contributed by atoms with van der Waals surface area (Å²) in [7, 11) is 0. The van der Waals surface area contributed by atoms with E-state index in [1.807, 2.05) is 35.0 Å². The minimum atomic E-state index is -0.288. The lowest BCUT2D eigenvalue weighted by Crippen LogP contribution is -2.31. The van der Waals surface area contributed by atoms with Gasteiger partial charge in [-0.25, -0.2) is 4.68 Å². The van der Waals surface area contributed by atoms with E-state index in [0.29, 0.717) is 23.3 Å². The third-order valence-corrected chi connectivity index (χ3v) is 5.80. The van der Waals surface area contributed by atoms with Gasteiger partial charge in [-0.3, -0.25) is 14.8 Å². The number of aromatic nitrogens is 5. The molecule has 8 heteroatoms. The molecule has 4 heterocycles. The van der Waals surface area contributed by atoms with Crippen LogP contribution in [0.3, 0.4) is 0 Å². The standard InChI is InChI=1S/C20H18N6OS/c27-16-8-3-7-15-17(16)18(13-5-4-9-21-11-13)26-19(23-15)24-20(25-26)28-12-14-6-1-2-10-22-14/h1-2,4-6,9-11,18H,3,7-8,12H2,(H,23,24,25). The van der Waals surface area contributed by atoms with Gasteiger partial charge in [-0.05, 0) is 36.6 Å². The Balaban J connectivity index is 1.51. The molecule has 0 saturated heterocycles. The zero-order valence-corrected chi connectivity index (χ0v) is 15.9. The molecule has 0 amide bonds. The minimum absolute atomic E-state index is 0.173. The van der Waals surface area contributed by atoms with Crippen LogP contribution >= 0.6 is 11.8 Å². The number of anilines is 1. The van der Waals surface area contributed by atoms with Crippen LogP contribution in [-0.2, 0) is 10.5 Å². The summed E-state index contributed by atoms with van der Waals surface area (Å²) in [6, 6.07) is 9.44. The molecule has 0 spiro atoms. The Labute approximate surface area is 166 Å². The fraction of sp³-hybridized carbons (Fsp3) is 0.250. The van der Waals surface area contributed by atoms with E-state index in [-0.39, 0.29) is 11.8 Å². The number of hydrogen-bond donors (Lipinski definition) is 1. The van der Waals surface area contributed by atoms with Crippen LogP contribution < -0.4 is 5.32 Å². The van der Waals surface area contributed by atoms with E-state index in [4.69, 9.17) is 5.10 Å². The van der Waals surface area contributed by atoms with Crippen molar-refractivity contribution in [3.05, 3.63) is 71.4 Å². The molecule has 0 bridgehead atoms. The van der Waals surface area contributed by atoms with E-state index in [9.17, 15) is 4.79 Å². The number of nitrogens with one attached hydrogen (secondary N) is 1. The molecular formula is C20H18N6OS. The van der Waals surface area contributed by atoms with E-state index in [1.54, 1.807) is 18.6 Å². The van der Waals surface area contributed by atoms with Gasteiger partial charge in [0.1, 0.15) is 6.04 Å². The van der Waals surface area contributed by atoms with Crippen molar-refractivity contribution in [2.75, 3.05) is 5.32 Å². The second-order valence-electron chi connectivity index (χ2n) is 6.76. The fourth-order valence-corrected chi connectivity index (χ4v) is 4.41. The Morgan fingerprint density at radius 2 is 2.14 bits per heavy atom. The number of rotatable bonds is 4. The van der Waals surface area contributed by atoms with Crippen LogP contribution in [0.4, 0.5) is 5.95 Å². The van der Waals surface area contributed by atoms with Crippen LogP contribution in [0.1, 0.15) is 36.6 Å². The van der Waals surface area contributed by atoms with E-state index in [1.165, 1.54) is 11.8 Å². The van der Waals surface area contributed by atoms with E-state index in [0.717, 1.165) is 35.4 Å². The molecule has 1 N–H and O–H groups in total. The predicted molar refractivity (Wildman–Crippen MR) is 106 cm³/mol. The summed E-state index contributed by atoms with van der Waals surface area (Å²) in [5, 5.41) is 8.72. The largest absolute Gasteiger partial charge is 0.328 e. The fourth-order valence-electron chi connectivity index (χ4n) is 3.67. The lowest BCUT2D eigenvalue weighted by Gasteiger charge is -2.31. The van der Waals surface area contributed by atoms with Gasteiger partial charge in [-0.1, -0.05) is 23.9 Å². The number of pyridine rings is 2. The number of carbonyl (C=O) groups excluding carboxylic acids is 1. The molecule has 1 aliphatic heterocycles. The van der Waals surface area contributed by atoms with Crippen molar-refractivity contribution in [3.8, 4) is 0 Å². The predicted octanol–water partition coefficient (Wildman–Crippen LogP) is 3.38. The molecule has 7 nitrogen and oxygen atoms in total. The number of allylic oxidation sites excluding steroid dienone is 2. The average molecular weight is 390 g/mol. The molecule has 1 aliphatic carbocycles. The number of carbonyl (C=O) groups is 1. The number of ketones is 1. The second-order valence-corrected chi connectivity index (χ2v) is 7.70. The van der Waals surface area contributed by atoms with Crippen molar-refractivity contribution in [1.82, 2.24) is 24.7 Å². The summed E-state index contributed by atoms with van der Waals surface area (Å²) in [5.41, 5.74) is 3.67. The molecule has 2 aliphatic rings. The number of nitrogens with zero attached hydrogens (tertiary/aromatic N) is 5. The summed E-state index contributed by atoms with van der Waals surface area (Å²) >= 11 is 1.53. The molecule has 1 atom stereocenters. The van der Waals surface area contributed by atoms with Crippen molar-refractivity contribution < 1.29 is 4.79 Å². The Hall–Kier alpha value is -3.00. The van der Waals surface area contributed by atoms with Crippen molar-refractivity contribution in [2.24, 2.45) is 0 Å². The van der Waals surface area contributed by atoms with Gasteiger partial charge in [0.05, 0.1) is 5.69 Å². The highest BCUT2D eigenvalue weighted by Crippen LogP contribution is 2.40. The number of Topliss-reactive ketones (excluding diaryl/α,β-unsaturated/α-hetero) is 1. The molecule has 5 rings (SSSR count). The van der Waals surface area contributed by atoms with Crippen molar-refractivity contribution in [1.29, 1.82) is 0 Å². The van der Waals surface area contributed by atoms with Crippen LogP contribution in [-0.4, -0.2) is 30.5 Å². The second kappa shape index (κ2) is 7.20. The first kappa shape index (κ1) is 17.1. The first-order valence-electron chi connectivity index (χ1n) is 9.22. The minimum Gasteiger partial charge on any atom is -0.328 e. The summed E-state index contributed by atoms with van der Waals surface area (Å²) in [6.45, 7) is 0. The zero-order valence-electron chi connectivity index (χ0n) is 15.1. The van der Waals surface area contributed by atoms with Crippen LogP contribution in [0.25, 0.3) is 0 Å². The summed E-state index contributed by atoms with van der Waals surface area (Å²) in [6.07, 6.45) is 7.60. The van der Waals surface area contributed by atoms with Gasteiger partial charge >= 0.3 is 0 Å². The van der Waals surface area contributed by atoms with Crippen molar-refractivity contribution in [2.45, 2.75) is 36.2 Å². The Morgan fingerprint density at radius 1 is 1.18 bits per heavy atom. The third-order valence-electron chi connectivity index (χ3n) is 4.92. The number of hydrogen-bond acceptors (Lipinski definition) is 7. The maximum Gasteiger partial charge on any atom is 0.227 e. The molecule has 0 aromatic carbocycles. The Bertz CT molecular complexity index is 1050. The highest BCUT2D eigenvalue weighted by atomic mass is 32.2. The first-order valence-corrected chi connectivity index (χ1v) is 10.2. The molecule has 0 saturated carbocycles. The van der Waals surface area contributed by atoms with Gasteiger partial charge in [0, 0.05) is 42.0 Å². The highest BCUT2D eigenvalue weighted by molar-refractivity contribution is 7.98. The average Bonchev–Trinajstić information content (AvgIpc) is 3.15. The van der Waals surface area contributed by atoms with Gasteiger partial charge in [0.25, 0.3) is 0 Å². The number of fused-ring (bicyclic) bond motifs is 1. The van der Waals surface area contributed by atoms with Crippen molar-refractivity contribution in [3.63, 3.8) is 0 Å². The van der Waals surface area contributed by atoms with Crippen molar-refractivity contribution >= 4 is 23.5 Å². The van der Waals surface area contributed by atoms with Crippen LogP contribution in [0.5, 0.6) is 0 Å². The third kappa shape index (κ3) is 3.09. The van der Waals surface area contributed by atoms with Crippen LogP contribution in [0.15, 0.2) is 65.3 Å². The molecular weight excluding hydrogens is 372 g/mol. The highest BCUT2D eigenvalue weighted by Gasteiger charge is 2.36. The van der Waals surface area contributed by atoms with E-state index >= 15 is 0 Å². The molecule has 3 aromatic heterocycles. The molecule has 1 unspecified atom stereocenters. The Kier molecular flexibility index (Phi) is 4.40. The van der Waals surface area contributed by atoms with Gasteiger partial charge in [0.2, 0.25) is 11.1 Å². The summed E-state index contributed by atoms with van der Waals surface area (Å²) in [4.78, 5) is 26.0. The van der Waals surface area contributed by atoms with Gasteiger partial charge in [-0.2, -0.15) is 4.98 Å². The molecule has 28 heavy (non-hydrogen) atoms. The van der Waals surface area contributed by atoms with E-state index in [2.05, 4.69) is 20.3 Å². The lowest BCUT2D eigenvalue weighted by molar-refractivity contribution is -0.116. The summed E-state index contributed by atoms with van der Waals surface area (Å²) < 4.78 is 1.82. The van der Waals surface area contributed by atoms with E-state index < -0.39 is 0 Å².